The van der Waals surface area contributed by atoms with Crippen LogP contribution in [0.3, 0.4) is 0 Å². The Balaban J connectivity index is 1.53. The van der Waals surface area contributed by atoms with E-state index in [-0.39, 0.29) is 0 Å². The SMILES string of the molecule is C[n+]1ccn(-c2cccc(Cc3cccc(Cc4ccccn4)n3)c2)n1. The molecule has 0 bridgehead atoms. The molecule has 0 radical (unpaired) electrons. The van der Waals surface area contributed by atoms with E-state index in [9.17, 15) is 0 Å². The Bertz CT molecular complexity index is 1010. The van der Waals surface area contributed by atoms with Crippen molar-refractivity contribution in [2.24, 2.45) is 7.05 Å². The molecule has 4 aromatic rings. The van der Waals surface area contributed by atoms with Crippen LogP contribution in [-0.2, 0) is 19.9 Å². The number of nitrogens with zero attached hydrogens (tertiary/aromatic N) is 5. The normalized spacial score (nSPS) is 10.8. The molecule has 0 amide bonds. The summed E-state index contributed by atoms with van der Waals surface area (Å²) in [5, 5.41) is 4.40. The van der Waals surface area contributed by atoms with Crippen molar-refractivity contribution < 1.29 is 4.68 Å². The molecule has 128 valence electrons. The molecule has 5 nitrogen and oxygen atoms in total. The fourth-order valence-electron chi connectivity index (χ4n) is 2.94. The first-order valence-electron chi connectivity index (χ1n) is 8.62. The smallest absolute Gasteiger partial charge is 0.161 e. The van der Waals surface area contributed by atoms with Gasteiger partial charge in [-0.2, -0.15) is 0 Å². The van der Waals surface area contributed by atoms with Crippen molar-refractivity contribution in [1.29, 1.82) is 0 Å². The van der Waals surface area contributed by atoms with Gasteiger partial charge in [0.1, 0.15) is 7.05 Å². The Hall–Kier alpha value is -3.34. The van der Waals surface area contributed by atoms with Crippen LogP contribution in [0, 0.1) is 0 Å². The van der Waals surface area contributed by atoms with E-state index >= 15 is 0 Å². The predicted molar refractivity (Wildman–Crippen MR) is 98.8 cm³/mol. The maximum atomic E-state index is 4.80. The van der Waals surface area contributed by atoms with Gasteiger partial charge in [0.25, 0.3) is 0 Å². The molecule has 0 saturated heterocycles. The first kappa shape index (κ1) is 16.1. The van der Waals surface area contributed by atoms with Crippen LogP contribution in [0.4, 0.5) is 0 Å². The maximum Gasteiger partial charge on any atom is 0.161 e. The van der Waals surface area contributed by atoms with E-state index in [2.05, 4.69) is 52.7 Å². The summed E-state index contributed by atoms with van der Waals surface area (Å²) in [5.41, 5.74) is 5.39. The zero-order chi connectivity index (χ0) is 17.8. The monoisotopic (exact) mass is 342 g/mol. The van der Waals surface area contributed by atoms with Gasteiger partial charge in [0.2, 0.25) is 0 Å². The molecule has 0 saturated carbocycles. The van der Waals surface area contributed by atoms with Gasteiger partial charge in [-0.15, -0.1) is 9.36 Å². The molecule has 0 fully saturated rings. The van der Waals surface area contributed by atoms with Crippen LogP contribution in [0.15, 0.2) is 79.3 Å². The van der Waals surface area contributed by atoms with Crippen LogP contribution in [0.5, 0.6) is 0 Å². The molecular weight excluding hydrogens is 322 g/mol. The number of pyridine rings is 2. The molecule has 0 aliphatic carbocycles. The van der Waals surface area contributed by atoms with E-state index in [1.807, 2.05) is 48.5 Å². The summed E-state index contributed by atoms with van der Waals surface area (Å²) >= 11 is 0. The van der Waals surface area contributed by atoms with Crippen molar-refractivity contribution in [3.8, 4) is 5.69 Å². The first-order chi connectivity index (χ1) is 12.8. The van der Waals surface area contributed by atoms with E-state index in [0.717, 1.165) is 35.6 Å². The summed E-state index contributed by atoms with van der Waals surface area (Å²) in [6.07, 6.45) is 7.23. The highest BCUT2D eigenvalue weighted by Gasteiger charge is 2.08. The third-order valence-electron chi connectivity index (χ3n) is 4.17. The lowest BCUT2D eigenvalue weighted by atomic mass is 10.1. The van der Waals surface area contributed by atoms with Crippen molar-refractivity contribution in [3.05, 3.63) is 102 Å². The van der Waals surface area contributed by atoms with Gasteiger partial charge in [0.15, 0.2) is 18.1 Å². The van der Waals surface area contributed by atoms with Gasteiger partial charge >= 0.3 is 0 Å². The first-order valence-corrected chi connectivity index (χ1v) is 8.62. The molecule has 0 unspecified atom stereocenters. The second kappa shape index (κ2) is 7.27. The van der Waals surface area contributed by atoms with Crippen LogP contribution in [0.1, 0.15) is 22.6 Å². The van der Waals surface area contributed by atoms with Gasteiger partial charge in [-0.05, 0) is 42.0 Å². The molecule has 3 aromatic heterocycles. The summed E-state index contributed by atoms with van der Waals surface area (Å²) in [6.45, 7) is 0. The van der Waals surface area contributed by atoms with Gasteiger partial charge in [0.05, 0.1) is 5.21 Å². The molecule has 0 atom stereocenters. The number of rotatable bonds is 5. The summed E-state index contributed by atoms with van der Waals surface area (Å²) < 4.78 is 3.66. The highest BCUT2D eigenvalue weighted by molar-refractivity contribution is 5.36. The highest BCUT2D eigenvalue weighted by atomic mass is 15.5. The van der Waals surface area contributed by atoms with Gasteiger partial charge in [0, 0.05) is 36.1 Å². The molecule has 1 aromatic carbocycles. The van der Waals surface area contributed by atoms with E-state index in [1.54, 1.807) is 4.68 Å². The van der Waals surface area contributed by atoms with Gasteiger partial charge in [-0.25, -0.2) is 0 Å². The molecule has 0 aliphatic rings. The molecular formula is C21H20N5+. The highest BCUT2D eigenvalue weighted by Crippen LogP contribution is 2.14. The second-order valence-electron chi connectivity index (χ2n) is 6.27. The van der Waals surface area contributed by atoms with Crippen molar-refractivity contribution in [2.45, 2.75) is 12.8 Å². The van der Waals surface area contributed by atoms with Gasteiger partial charge in [-0.1, -0.05) is 24.3 Å². The largest absolute Gasteiger partial charge is 0.261 e. The zero-order valence-electron chi connectivity index (χ0n) is 14.7. The van der Waals surface area contributed by atoms with Gasteiger partial charge < -0.3 is 0 Å². The fraction of sp³-hybridized carbons (Fsp3) is 0.143. The summed E-state index contributed by atoms with van der Waals surface area (Å²) in [6, 6.07) is 20.6. The third kappa shape index (κ3) is 3.83. The minimum atomic E-state index is 0.749. The summed E-state index contributed by atoms with van der Waals surface area (Å²) in [5.74, 6) is 0. The summed E-state index contributed by atoms with van der Waals surface area (Å²) in [7, 11) is 1.91. The van der Waals surface area contributed by atoms with E-state index in [1.165, 1.54) is 5.56 Å². The van der Waals surface area contributed by atoms with Crippen molar-refractivity contribution >= 4 is 0 Å². The number of hydrogen-bond donors (Lipinski definition) is 0. The predicted octanol–water partition coefficient (Wildman–Crippen LogP) is 2.67. The van der Waals surface area contributed by atoms with Crippen molar-refractivity contribution in [3.63, 3.8) is 0 Å². The van der Waals surface area contributed by atoms with Crippen LogP contribution in [0.2, 0.25) is 0 Å². The van der Waals surface area contributed by atoms with E-state index < -0.39 is 0 Å². The van der Waals surface area contributed by atoms with Gasteiger partial charge in [-0.3, -0.25) is 9.97 Å². The standard InChI is InChI=1S/C21H20N5/c1-25-12-13-26(24-25)21-10-4-6-17(15-21)14-19-8-5-9-20(23-19)16-18-7-2-3-11-22-18/h2-13,15H,14,16H2,1H3/q+1. The minimum absolute atomic E-state index is 0.749. The Morgan fingerprint density at radius 3 is 2.46 bits per heavy atom. The lowest BCUT2D eigenvalue weighted by molar-refractivity contribution is -0.731. The van der Waals surface area contributed by atoms with Crippen molar-refractivity contribution in [2.75, 3.05) is 0 Å². The molecule has 0 aliphatic heterocycles. The van der Waals surface area contributed by atoms with Crippen LogP contribution >= 0.6 is 0 Å². The number of benzene rings is 1. The average Bonchev–Trinajstić information content (AvgIpc) is 3.10. The van der Waals surface area contributed by atoms with E-state index in [4.69, 9.17) is 4.98 Å². The summed E-state index contributed by atoms with van der Waals surface area (Å²) in [4.78, 5) is 9.19. The Morgan fingerprint density at radius 1 is 0.885 bits per heavy atom. The molecule has 4 rings (SSSR count). The third-order valence-corrected chi connectivity index (χ3v) is 4.17. The molecule has 5 heteroatoms. The Labute approximate surface area is 152 Å². The number of aryl methyl sites for hydroxylation is 1. The lowest BCUT2D eigenvalue weighted by Gasteiger charge is -2.05. The molecule has 0 spiro atoms. The topological polar surface area (TPSA) is 47.5 Å². The fourth-order valence-corrected chi connectivity index (χ4v) is 2.94. The van der Waals surface area contributed by atoms with E-state index in [0.29, 0.717) is 0 Å². The van der Waals surface area contributed by atoms with Crippen LogP contribution in [-0.4, -0.2) is 19.9 Å². The van der Waals surface area contributed by atoms with Crippen LogP contribution in [0.25, 0.3) is 5.69 Å². The molecule has 3 heterocycles. The quantitative estimate of drug-likeness (QED) is 0.524. The van der Waals surface area contributed by atoms with Crippen molar-refractivity contribution in [1.82, 2.24) is 19.9 Å². The zero-order valence-corrected chi connectivity index (χ0v) is 14.7. The Kier molecular flexibility index (Phi) is 4.51. The number of aromatic nitrogens is 5. The minimum Gasteiger partial charge on any atom is -0.261 e. The molecule has 26 heavy (non-hydrogen) atoms. The second-order valence-corrected chi connectivity index (χ2v) is 6.27. The molecule has 0 N–H and O–H groups in total. The van der Waals surface area contributed by atoms with Crippen LogP contribution < -0.4 is 4.68 Å². The lowest BCUT2D eigenvalue weighted by Crippen LogP contribution is -2.30. The average molecular weight is 342 g/mol. The maximum absolute atomic E-state index is 4.80. The Morgan fingerprint density at radius 2 is 1.69 bits per heavy atom. The number of hydrogen-bond acceptors (Lipinski definition) is 3.